The molecule has 1 aromatic rings. The third-order valence-corrected chi connectivity index (χ3v) is 1.43. The number of pyridine rings is 1. The van der Waals surface area contributed by atoms with E-state index in [0.29, 0.717) is 11.3 Å². The van der Waals surface area contributed by atoms with Gasteiger partial charge in [-0.05, 0) is 6.07 Å². The highest BCUT2D eigenvalue weighted by Gasteiger charge is 2.09. The first-order valence-corrected chi connectivity index (χ1v) is 3.29. The Labute approximate surface area is 64.2 Å². The summed E-state index contributed by atoms with van der Waals surface area (Å²) in [7, 11) is 0. The maximum absolute atomic E-state index is 12.9. The number of rotatable bonds is 2. The second-order valence-electron chi connectivity index (χ2n) is 2.21. The molecule has 0 aliphatic rings. The highest BCUT2D eigenvalue weighted by molar-refractivity contribution is 5.45. The van der Waals surface area contributed by atoms with Crippen LogP contribution in [-0.2, 0) is 0 Å². The molecule has 0 saturated heterocycles. The Morgan fingerprint density at radius 2 is 2.36 bits per heavy atom. The number of nitrogens with zero attached hydrogens (tertiary/aromatic N) is 1. The first kappa shape index (κ1) is 7.94. The second kappa shape index (κ2) is 3.30. The van der Waals surface area contributed by atoms with Crippen LogP contribution in [0.2, 0.25) is 0 Å². The van der Waals surface area contributed by atoms with Gasteiger partial charge < -0.3 is 11.5 Å². The van der Waals surface area contributed by atoms with Crippen molar-refractivity contribution in [3.8, 4) is 0 Å². The van der Waals surface area contributed by atoms with Crippen LogP contribution in [0.15, 0.2) is 18.5 Å². The summed E-state index contributed by atoms with van der Waals surface area (Å²) in [6, 6.07) is 1.55. The maximum Gasteiger partial charge on any atom is 0.141 e. The van der Waals surface area contributed by atoms with E-state index in [2.05, 4.69) is 4.98 Å². The van der Waals surface area contributed by atoms with Crippen molar-refractivity contribution >= 4 is 5.69 Å². The number of halogens is 1. The Morgan fingerprint density at radius 1 is 1.64 bits per heavy atom. The van der Waals surface area contributed by atoms with Gasteiger partial charge in [0.25, 0.3) is 0 Å². The van der Waals surface area contributed by atoms with Crippen LogP contribution in [0.4, 0.5) is 10.1 Å². The maximum atomic E-state index is 12.9. The fourth-order valence-corrected chi connectivity index (χ4v) is 0.806. The molecule has 11 heavy (non-hydrogen) atoms. The Morgan fingerprint density at radius 3 is 2.91 bits per heavy atom. The Bertz CT molecular complexity index is 239. The van der Waals surface area contributed by atoms with E-state index in [-0.39, 0.29) is 6.54 Å². The van der Waals surface area contributed by atoms with E-state index in [1.807, 2.05) is 0 Å². The number of hydrogen-bond acceptors (Lipinski definition) is 3. The largest absolute Gasteiger partial charge is 0.398 e. The molecule has 0 bridgehead atoms. The predicted molar refractivity (Wildman–Crippen MR) is 41.6 cm³/mol. The quantitative estimate of drug-likeness (QED) is 0.658. The lowest BCUT2D eigenvalue weighted by atomic mass is 10.1. The molecule has 60 valence electrons. The molecular weight excluding hydrogens is 145 g/mol. The van der Waals surface area contributed by atoms with Gasteiger partial charge in [-0.2, -0.15) is 0 Å². The highest BCUT2D eigenvalue weighted by atomic mass is 19.1. The van der Waals surface area contributed by atoms with Gasteiger partial charge in [0.15, 0.2) is 0 Å². The monoisotopic (exact) mass is 155 g/mol. The molecule has 4 N–H and O–H groups in total. The lowest BCUT2D eigenvalue weighted by molar-refractivity contribution is 0.353. The van der Waals surface area contributed by atoms with Crippen molar-refractivity contribution in [2.24, 2.45) is 5.73 Å². The van der Waals surface area contributed by atoms with Crippen LogP contribution in [0, 0.1) is 0 Å². The van der Waals surface area contributed by atoms with E-state index in [9.17, 15) is 4.39 Å². The van der Waals surface area contributed by atoms with Crippen molar-refractivity contribution in [3.63, 3.8) is 0 Å². The number of anilines is 1. The van der Waals surface area contributed by atoms with E-state index < -0.39 is 6.17 Å². The zero-order valence-electron chi connectivity index (χ0n) is 6.00. The van der Waals surface area contributed by atoms with Gasteiger partial charge in [0, 0.05) is 30.2 Å². The zero-order chi connectivity index (χ0) is 8.27. The average Bonchev–Trinajstić information content (AvgIpc) is 2.04. The summed E-state index contributed by atoms with van der Waals surface area (Å²) < 4.78 is 12.9. The zero-order valence-corrected chi connectivity index (χ0v) is 6.00. The summed E-state index contributed by atoms with van der Waals surface area (Å²) in [4.78, 5) is 3.74. The van der Waals surface area contributed by atoms with E-state index in [4.69, 9.17) is 11.5 Å². The third kappa shape index (κ3) is 1.65. The topological polar surface area (TPSA) is 64.9 Å². The normalized spacial score (nSPS) is 12.9. The number of hydrogen-bond donors (Lipinski definition) is 2. The van der Waals surface area contributed by atoms with Gasteiger partial charge in [-0.25, -0.2) is 4.39 Å². The molecule has 0 spiro atoms. The second-order valence-corrected chi connectivity index (χ2v) is 2.21. The van der Waals surface area contributed by atoms with Crippen molar-refractivity contribution in [1.82, 2.24) is 4.98 Å². The lowest BCUT2D eigenvalue weighted by Crippen LogP contribution is -2.09. The molecule has 0 saturated carbocycles. The molecule has 0 aromatic carbocycles. The molecule has 1 heterocycles. The molecule has 0 fully saturated rings. The molecule has 4 heteroatoms. The molecule has 3 nitrogen and oxygen atoms in total. The van der Waals surface area contributed by atoms with Crippen LogP contribution in [0.25, 0.3) is 0 Å². The summed E-state index contributed by atoms with van der Waals surface area (Å²) in [5.74, 6) is 0. The smallest absolute Gasteiger partial charge is 0.141 e. The third-order valence-electron chi connectivity index (χ3n) is 1.43. The Kier molecular flexibility index (Phi) is 2.38. The predicted octanol–water partition coefficient (Wildman–Crippen LogP) is 0.633. The number of alkyl halides is 1. The van der Waals surface area contributed by atoms with Crippen molar-refractivity contribution < 1.29 is 4.39 Å². The van der Waals surface area contributed by atoms with Gasteiger partial charge in [-0.1, -0.05) is 0 Å². The van der Waals surface area contributed by atoms with Crippen LogP contribution >= 0.6 is 0 Å². The van der Waals surface area contributed by atoms with E-state index >= 15 is 0 Å². The highest BCUT2D eigenvalue weighted by Crippen LogP contribution is 2.20. The van der Waals surface area contributed by atoms with Crippen LogP contribution in [-0.4, -0.2) is 11.5 Å². The van der Waals surface area contributed by atoms with Crippen molar-refractivity contribution in [3.05, 3.63) is 24.0 Å². The first-order valence-electron chi connectivity index (χ1n) is 3.29. The van der Waals surface area contributed by atoms with Crippen molar-refractivity contribution in [2.75, 3.05) is 12.3 Å². The minimum atomic E-state index is -1.20. The van der Waals surface area contributed by atoms with Gasteiger partial charge in [-0.3, -0.25) is 4.98 Å². The van der Waals surface area contributed by atoms with Crippen molar-refractivity contribution in [1.29, 1.82) is 0 Å². The van der Waals surface area contributed by atoms with Gasteiger partial charge in [0.2, 0.25) is 0 Å². The number of aromatic nitrogens is 1. The van der Waals surface area contributed by atoms with Crippen LogP contribution < -0.4 is 11.5 Å². The van der Waals surface area contributed by atoms with E-state index in [1.165, 1.54) is 12.4 Å². The minimum Gasteiger partial charge on any atom is -0.398 e. The van der Waals surface area contributed by atoms with E-state index in [1.54, 1.807) is 6.07 Å². The van der Waals surface area contributed by atoms with Gasteiger partial charge >= 0.3 is 0 Å². The standard InChI is InChI=1S/C7H10FN3/c8-6(3-9)5-4-11-2-1-7(5)10/h1-2,4,6H,3,9H2,(H2,10,11). The average molecular weight is 155 g/mol. The molecule has 1 unspecified atom stereocenters. The Hall–Kier alpha value is -1.16. The molecule has 0 aliphatic carbocycles. The summed E-state index contributed by atoms with van der Waals surface area (Å²) in [5, 5.41) is 0. The van der Waals surface area contributed by atoms with Gasteiger partial charge in [0.05, 0.1) is 0 Å². The van der Waals surface area contributed by atoms with Crippen molar-refractivity contribution in [2.45, 2.75) is 6.17 Å². The fraction of sp³-hybridized carbons (Fsp3) is 0.286. The molecule has 1 aromatic heterocycles. The molecule has 1 rings (SSSR count). The number of nitrogen functional groups attached to an aromatic ring is 1. The fourth-order valence-electron chi connectivity index (χ4n) is 0.806. The van der Waals surface area contributed by atoms with Crippen LogP contribution in [0.3, 0.4) is 0 Å². The summed E-state index contributed by atoms with van der Waals surface area (Å²) >= 11 is 0. The van der Waals surface area contributed by atoms with E-state index in [0.717, 1.165) is 0 Å². The minimum absolute atomic E-state index is 0.0596. The summed E-state index contributed by atoms with van der Waals surface area (Å²) in [6.07, 6.45) is 1.71. The summed E-state index contributed by atoms with van der Waals surface area (Å²) in [6.45, 7) is -0.0596. The van der Waals surface area contributed by atoms with Crippen LogP contribution in [0.1, 0.15) is 11.7 Å². The van der Waals surface area contributed by atoms with Crippen LogP contribution in [0.5, 0.6) is 0 Å². The lowest BCUT2D eigenvalue weighted by Gasteiger charge is -2.06. The molecule has 0 amide bonds. The molecule has 1 atom stereocenters. The summed E-state index contributed by atoms with van der Waals surface area (Å²) in [5.41, 5.74) is 11.3. The molecule has 0 radical (unpaired) electrons. The first-order chi connectivity index (χ1) is 5.25. The molecule has 0 aliphatic heterocycles. The Balaban J connectivity index is 2.93. The molecular formula is C7H10FN3. The number of nitrogens with two attached hydrogens (primary N) is 2. The van der Waals surface area contributed by atoms with Gasteiger partial charge in [-0.15, -0.1) is 0 Å². The SMILES string of the molecule is NCC(F)c1cnccc1N. The van der Waals surface area contributed by atoms with Gasteiger partial charge in [0.1, 0.15) is 6.17 Å².